The Hall–Kier alpha value is -1.06. The summed E-state index contributed by atoms with van der Waals surface area (Å²) in [4.78, 5) is 23.6. The number of carbonyl (C=O) groups is 2. The summed E-state index contributed by atoms with van der Waals surface area (Å²) in [6.07, 6.45) is 2.67. The summed E-state index contributed by atoms with van der Waals surface area (Å²) in [5, 5.41) is 2.83. The van der Waals surface area contributed by atoms with Crippen molar-refractivity contribution in [2.45, 2.75) is 67.2 Å². The van der Waals surface area contributed by atoms with Crippen LogP contribution in [0.1, 0.15) is 67.2 Å². The van der Waals surface area contributed by atoms with Gasteiger partial charge in [0, 0.05) is 6.54 Å². The van der Waals surface area contributed by atoms with Gasteiger partial charge in [-0.15, -0.1) is 0 Å². The van der Waals surface area contributed by atoms with Crippen LogP contribution in [-0.4, -0.2) is 18.4 Å². The average Bonchev–Trinajstić information content (AvgIpc) is 2.37. The third kappa shape index (κ3) is 6.60. The lowest BCUT2D eigenvalue weighted by atomic mass is 9.79. The minimum absolute atomic E-state index is 0.213. The van der Waals surface area contributed by atoms with Crippen LogP contribution in [-0.2, 0) is 9.59 Å². The van der Waals surface area contributed by atoms with Gasteiger partial charge < -0.3 is 11.1 Å². The van der Waals surface area contributed by atoms with Crippen LogP contribution in [0.15, 0.2) is 0 Å². The predicted molar refractivity (Wildman–Crippen MR) is 80.6 cm³/mol. The number of hydrogen-bond donors (Lipinski definition) is 2. The van der Waals surface area contributed by atoms with Crippen molar-refractivity contribution in [2.24, 2.45) is 17.1 Å². The van der Waals surface area contributed by atoms with Crippen LogP contribution < -0.4 is 11.1 Å². The summed E-state index contributed by atoms with van der Waals surface area (Å²) in [6.45, 7) is 12.6. The van der Waals surface area contributed by atoms with Crippen LogP contribution in [0.3, 0.4) is 0 Å². The largest absolute Gasteiger partial charge is 0.369 e. The van der Waals surface area contributed by atoms with Gasteiger partial charge in [-0.05, 0) is 25.2 Å². The molecule has 0 aromatic heterocycles. The molecular weight excluding hydrogens is 240 g/mol. The molecule has 0 spiro atoms. The molecule has 114 valence electrons. The third-order valence-electron chi connectivity index (χ3n) is 3.19. The Morgan fingerprint density at radius 3 is 2.05 bits per heavy atom. The van der Waals surface area contributed by atoms with E-state index in [0.29, 0.717) is 25.3 Å². The second-order valence-electron chi connectivity index (χ2n) is 4.99. The van der Waals surface area contributed by atoms with Crippen LogP contribution in [0.2, 0.25) is 0 Å². The normalized spacial score (nSPS) is 13.2. The first kappa shape index (κ1) is 20.3. The zero-order chi connectivity index (χ0) is 15.5. The molecule has 0 heterocycles. The van der Waals surface area contributed by atoms with Gasteiger partial charge in [-0.1, -0.05) is 48.0 Å². The highest BCUT2D eigenvalue weighted by Crippen LogP contribution is 2.28. The van der Waals surface area contributed by atoms with Gasteiger partial charge in [0.05, 0.1) is 0 Å². The molecule has 0 aromatic carbocycles. The summed E-state index contributed by atoms with van der Waals surface area (Å²) in [5.74, 6) is -0.190. The van der Waals surface area contributed by atoms with Crippen molar-refractivity contribution in [3.05, 3.63) is 0 Å². The van der Waals surface area contributed by atoms with Gasteiger partial charge in [0.25, 0.3) is 0 Å². The zero-order valence-corrected chi connectivity index (χ0v) is 13.5. The highest BCUT2D eigenvalue weighted by Gasteiger charge is 2.41. The molecule has 19 heavy (non-hydrogen) atoms. The van der Waals surface area contributed by atoms with Crippen LogP contribution in [0.25, 0.3) is 0 Å². The molecule has 0 fully saturated rings. The fourth-order valence-electron chi connectivity index (χ4n) is 1.93. The Morgan fingerprint density at radius 1 is 1.21 bits per heavy atom. The topological polar surface area (TPSA) is 72.2 Å². The molecule has 2 amide bonds. The van der Waals surface area contributed by atoms with E-state index in [9.17, 15) is 9.59 Å². The highest BCUT2D eigenvalue weighted by atomic mass is 16.2. The van der Waals surface area contributed by atoms with Gasteiger partial charge >= 0.3 is 0 Å². The van der Waals surface area contributed by atoms with Crippen molar-refractivity contribution in [3.63, 3.8) is 0 Å². The highest BCUT2D eigenvalue weighted by molar-refractivity contribution is 6.04. The molecule has 0 aromatic rings. The molecule has 0 bridgehead atoms. The number of carbonyl (C=O) groups excluding carboxylic acids is 2. The molecule has 0 saturated carbocycles. The van der Waals surface area contributed by atoms with Gasteiger partial charge in [-0.3, -0.25) is 9.59 Å². The Labute approximate surface area is 118 Å². The maximum Gasteiger partial charge on any atom is 0.235 e. The van der Waals surface area contributed by atoms with E-state index in [1.807, 2.05) is 27.7 Å². The standard InChI is InChI=1S/C13H26N2O2.C2H6/c1-5-8-13(6-2,11(14)16)12(17)15-9-7-10(3)4;1-2/h10H,5-9H2,1-4H3,(H2,14,16)(H,15,17);1-2H3. The molecule has 0 aliphatic heterocycles. The maximum absolute atomic E-state index is 12.1. The van der Waals surface area contributed by atoms with Crippen LogP contribution >= 0.6 is 0 Å². The second kappa shape index (κ2) is 10.8. The molecule has 0 aliphatic rings. The van der Waals surface area contributed by atoms with E-state index < -0.39 is 11.3 Å². The molecule has 4 nitrogen and oxygen atoms in total. The number of nitrogens with two attached hydrogens (primary N) is 1. The zero-order valence-electron chi connectivity index (χ0n) is 13.5. The van der Waals surface area contributed by atoms with Crippen LogP contribution in [0.5, 0.6) is 0 Å². The predicted octanol–water partition coefficient (Wildman–Crippen LogP) is 2.86. The molecule has 3 N–H and O–H groups in total. The van der Waals surface area contributed by atoms with Crippen LogP contribution in [0, 0.1) is 11.3 Å². The fraction of sp³-hybridized carbons (Fsp3) is 0.867. The van der Waals surface area contributed by atoms with E-state index in [1.54, 1.807) is 0 Å². The van der Waals surface area contributed by atoms with Crippen molar-refractivity contribution in [2.75, 3.05) is 6.54 Å². The number of rotatable bonds is 8. The van der Waals surface area contributed by atoms with Crippen molar-refractivity contribution in [1.82, 2.24) is 5.32 Å². The molecular formula is C15H32N2O2. The fourth-order valence-corrected chi connectivity index (χ4v) is 1.93. The van der Waals surface area contributed by atoms with Crippen molar-refractivity contribution in [3.8, 4) is 0 Å². The van der Waals surface area contributed by atoms with E-state index in [-0.39, 0.29) is 5.91 Å². The minimum Gasteiger partial charge on any atom is -0.369 e. The number of primary amides is 1. The molecule has 0 aliphatic carbocycles. The SMILES string of the molecule is CC.CCCC(CC)(C(N)=O)C(=O)NCCC(C)C. The minimum atomic E-state index is -1.02. The lowest BCUT2D eigenvalue weighted by molar-refractivity contribution is -0.142. The van der Waals surface area contributed by atoms with E-state index in [0.717, 1.165) is 12.8 Å². The number of amides is 2. The third-order valence-corrected chi connectivity index (χ3v) is 3.19. The summed E-state index contributed by atoms with van der Waals surface area (Å²) in [7, 11) is 0. The van der Waals surface area contributed by atoms with Crippen molar-refractivity contribution in [1.29, 1.82) is 0 Å². The van der Waals surface area contributed by atoms with Gasteiger partial charge in [0.15, 0.2) is 0 Å². The van der Waals surface area contributed by atoms with Crippen molar-refractivity contribution < 1.29 is 9.59 Å². The monoisotopic (exact) mass is 272 g/mol. The first-order chi connectivity index (χ1) is 8.90. The van der Waals surface area contributed by atoms with E-state index in [2.05, 4.69) is 19.2 Å². The van der Waals surface area contributed by atoms with Crippen molar-refractivity contribution >= 4 is 11.8 Å². The smallest absolute Gasteiger partial charge is 0.235 e. The van der Waals surface area contributed by atoms with Gasteiger partial charge in [-0.2, -0.15) is 0 Å². The van der Waals surface area contributed by atoms with E-state index in [1.165, 1.54) is 0 Å². The Kier molecular flexibility index (Phi) is 11.5. The van der Waals surface area contributed by atoms with Gasteiger partial charge in [-0.25, -0.2) is 0 Å². The second-order valence-corrected chi connectivity index (χ2v) is 4.99. The molecule has 0 saturated heterocycles. The molecule has 1 atom stereocenters. The molecule has 0 radical (unpaired) electrons. The van der Waals surface area contributed by atoms with E-state index in [4.69, 9.17) is 5.73 Å². The van der Waals surface area contributed by atoms with Gasteiger partial charge in [0.2, 0.25) is 11.8 Å². The summed E-state index contributed by atoms with van der Waals surface area (Å²) in [5.41, 5.74) is 4.38. The van der Waals surface area contributed by atoms with E-state index >= 15 is 0 Å². The number of hydrogen-bond acceptors (Lipinski definition) is 2. The van der Waals surface area contributed by atoms with Gasteiger partial charge in [0.1, 0.15) is 5.41 Å². The summed E-state index contributed by atoms with van der Waals surface area (Å²) in [6, 6.07) is 0. The Bertz CT molecular complexity index is 265. The first-order valence-electron chi connectivity index (χ1n) is 7.48. The Morgan fingerprint density at radius 2 is 1.74 bits per heavy atom. The molecule has 1 unspecified atom stereocenters. The molecule has 4 heteroatoms. The average molecular weight is 272 g/mol. The Balaban J connectivity index is 0. The lowest BCUT2D eigenvalue weighted by Gasteiger charge is -2.27. The van der Waals surface area contributed by atoms with Crippen LogP contribution in [0.4, 0.5) is 0 Å². The molecule has 0 rings (SSSR count). The summed E-state index contributed by atoms with van der Waals surface area (Å²) >= 11 is 0. The first-order valence-corrected chi connectivity index (χ1v) is 7.48. The summed E-state index contributed by atoms with van der Waals surface area (Å²) < 4.78 is 0. The number of nitrogens with one attached hydrogen (secondary N) is 1. The lowest BCUT2D eigenvalue weighted by Crippen LogP contribution is -2.49. The quantitative estimate of drug-likeness (QED) is 0.667. The maximum atomic E-state index is 12.1.